The minimum Gasteiger partial charge on any atom is -0.353 e. The Morgan fingerprint density at radius 1 is 1.77 bits per heavy atom. The molecule has 1 saturated carbocycles. The van der Waals surface area contributed by atoms with Crippen molar-refractivity contribution in [3.63, 3.8) is 0 Å². The van der Waals surface area contributed by atoms with Gasteiger partial charge in [0, 0.05) is 12.6 Å². The number of rotatable bonds is 5. The fraction of sp³-hybridized carbons (Fsp3) is 0.700. The van der Waals surface area contributed by atoms with Crippen LogP contribution in [0.4, 0.5) is 0 Å². The number of nitrogens with two attached hydrogens (primary N) is 1. The molecule has 0 aromatic rings. The number of amides is 1. The van der Waals surface area contributed by atoms with E-state index in [-0.39, 0.29) is 17.4 Å². The van der Waals surface area contributed by atoms with Gasteiger partial charge in [-0.1, -0.05) is 6.08 Å². The van der Waals surface area contributed by atoms with Crippen molar-refractivity contribution in [2.75, 3.05) is 6.54 Å². The smallest absolute Gasteiger partial charge is 0.227 e. The molecule has 3 nitrogen and oxygen atoms in total. The second-order valence-electron chi connectivity index (χ2n) is 3.88. The lowest BCUT2D eigenvalue weighted by atomic mass is 10.1. The second kappa shape index (κ2) is 3.92. The highest BCUT2D eigenvalue weighted by Crippen LogP contribution is 2.44. The summed E-state index contributed by atoms with van der Waals surface area (Å²) in [4.78, 5) is 11.6. The largest absolute Gasteiger partial charge is 0.353 e. The van der Waals surface area contributed by atoms with E-state index in [4.69, 9.17) is 5.73 Å². The van der Waals surface area contributed by atoms with Crippen molar-refractivity contribution in [1.29, 1.82) is 0 Å². The first-order valence-electron chi connectivity index (χ1n) is 4.76. The maximum Gasteiger partial charge on any atom is 0.227 e. The van der Waals surface area contributed by atoms with Crippen LogP contribution < -0.4 is 11.1 Å². The number of hydrogen-bond acceptors (Lipinski definition) is 2. The predicted molar refractivity (Wildman–Crippen MR) is 53.1 cm³/mol. The Bertz CT molecular complexity index is 209. The molecule has 0 aromatic carbocycles. The van der Waals surface area contributed by atoms with Gasteiger partial charge in [0.25, 0.3) is 0 Å². The van der Waals surface area contributed by atoms with Crippen molar-refractivity contribution in [3.05, 3.63) is 12.7 Å². The highest BCUT2D eigenvalue weighted by Gasteiger charge is 2.48. The maximum atomic E-state index is 11.6. The molecule has 0 aliphatic heterocycles. The van der Waals surface area contributed by atoms with Crippen LogP contribution in [0.25, 0.3) is 0 Å². The van der Waals surface area contributed by atoms with Crippen LogP contribution in [-0.4, -0.2) is 18.5 Å². The molecule has 1 aliphatic rings. The van der Waals surface area contributed by atoms with Gasteiger partial charge in [-0.05, 0) is 26.2 Å². The molecule has 3 heteroatoms. The summed E-state index contributed by atoms with van der Waals surface area (Å²) < 4.78 is 0. The quantitative estimate of drug-likeness (QED) is 0.618. The van der Waals surface area contributed by atoms with Gasteiger partial charge in [-0.2, -0.15) is 0 Å². The van der Waals surface area contributed by atoms with Crippen molar-refractivity contribution in [3.8, 4) is 0 Å². The van der Waals surface area contributed by atoms with E-state index in [0.29, 0.717) is 6.54 Å². The van der Waals surface area contributed by atoms with Gasteiger partial charge in [0.2, 0.25) is 5.91 Å². The van der Waals surface area contributed by atoms with Crippen molar-refractivity contribution in [2.24, 2.45) is 11.1 Å². The van der Waals surface area contributed by atoms with Crippen LogP contribution in [0.1, 0.15) is 26.2 Å². The molecule has 13 heavy (non-hydrogen) atoms. The summed E-state index contributed by atoms with van der Waals surface area (Å²) in [7, 11) is 0. The van der Waals surface area contributed by atoms with E-state index in [2.05, 4.69) is 11.9 Å². The molecule has 0 heterocycles. The first-order valence-corrected chi connectivity index (χ1v) is 4.76. The molecule has 0 aromatic heterocycles. The lowest BCUT2D eigenvalue weighted by molar-refractivity contribution is -0.126. The van der Waals surface area contributed by atoms with Gasteiger partial charge < -0.3 is 11.1 Å². The summed E-state index contributed by atoms with van der Waals surface area (Å²) in [6.07, 6.45) is 4.51. The molecular weight excluding hydrogens is 164 g/mol. The first kappa shape index (κ1) is 10.3. The zero-order chi connectivity index (χ0) is 9.90. The Hall–Kier alpha value is -0.830. The zero-order valence-corrected chi connectivity index (χ0v) is 8.18. The normalized spacial score (nSPS) is 20.5. The van der Waals surface area contributed by atoms with E-state index >= 15 is 0 Å². The fourth-order valence-corrected chi connectivity index (χ4v) is 1.36. The van der Waals surface area contributed by atoms with Crippen LogP contribution in [0, 0.1) is 5.41 Å². The molecule has 1 atom stereocenters. The summed E-state index contributed by atoms with van der Waals surface area (Å²) >= 11 is 0. The molecule has 1 rings (SSSR count). The minimum atomic E-state index is -0.227. The summed E-state index contributed by atoms with van der Waals surface area (Å²) in [5, 5.41) is 2.94. The topological polar surface area (TPSA) is 55.1 Å². The van der Waals surface area contributed by atoms with Crippen LogP contribution in [0.2, 0.25) is 0 Å². The van der Waals surface area contributed by atoms with Gasteiger partial charge in [-0.15, -0.1) is 6.58 Å². The molecule has 3 N–H and O–H groups in total. The SMILES string of the molecule is C=CCC(C)NC(=O)C1(CN)CC1. The third-order valence-electron chi connectivity index (χ3n) is 2.62. The van der Waals surface area contributed by atoms with Crippen LogP contribution >= 0.6 is 0 Å². The third-order valence-corrected chi connectivity index (χ3v) is 2.62. The molecule has 1 fully saturated rings. The number of carbonyl (C=O) groups excluding carboxylic acids is 1. The van der Waals surface area contributed by atoms with E-state index in [1.165, 1.54) is 0 Å². The average Bonchev–Trinajstić information content (AvgIpc) is 2.84. The van der Waals surface area contributed by atoms with E-state index in [1.807, 2.05) is 13.0 Å². The van der Waals surface area contributed by atoms with Crippen molar-refractivity contribution >= 4 is 5.91 Å². The lowest BCUT2D eigenvalue weighted by Crippen LogP contribution is -2.41. The summed E-state index contributed by atoms with van der Waals surface area (Å²) in [5.74, 6) is 0.115. The van der Waals surface area contributed by atoms with Gasteiger partial charge in [-0.3, -0.25) is 4.79 Å². The predicted octanol–water partition coefficient (Wildman–Crippen LogP) is 0.806. The maximum absolute atomic E-state index is 11.6. The van der Waals surface area contributed by atoms with Crippen molar-refractivity contribution in [2.45, 2.75) is 32.2 Å². The Morgan fingerprint density at radius 3 is 2.77 bits per heavy atom. The van der Waals surface area contributed by atoms with Gasteiger partial charge in [0.15, 0.2) is 0 Å². The van der Waals surface area contributed by atoms with Crippen molar-refractivity contribution in [1.82, 2.24) is 5.32 Å². The molecule has 1 unspecified atom stereocenters. The van der Waals surface area contributed by atoms with Gasteiger partial charge in [0.1, 0.15) is 0 Å². The molecular formula is C10H18N2O. The molecule has 0 spiro atoms. The Balaban J connectivity index is 2.36. The molecule has 0 bridgehead atoms. The standard InChI is InChI=1S/C10H18N2O/c1-3-4-8(2)12-9(13)10(7-11)5-6-10/h3,8H,1,4-7,11H2,2H3,(H,12,13). The first-order chi connectivity index (χ1) is 6.14. The van der Waals surface area contributed by atoms with E-state index in [9.17, 15) is 4.79 Å². The Labute approximate surface area is 79.4 Å². The average molecular weight is 182 g/mol. The Kier molecular flexibility index (Phi) is 3.09. The van der Waals surface area contributed by atoms with E-state index in [0.717, 1.165) is 19.3 Å². The summed E-state index contributed by atoms with van der Waals surface area (Å²) in [5.41, 5.74) is 5.31. The Morgan fingerprint density at radius 2 is 2.38 bits per heavy atom. The van der Waals surface area contributed by atoms with Gasteiger partial charge >= 0.3 is 0 Å². The lowest BCUT2D eigenvalue weighted by Gasteiger charge is -2.17. The monoisotopic (exact) mass is 182 g/mol. The van der Waals surface area contributed by atoms with Crippen LogP contribution in [-0.2, 0) is 4.79 Å². The van der Waals surface area contributed by atoms with Crippen LogP contribution in [0.15, 0.2) is 12.7 Å². The summed E-state index contributed by atoms with van der Waals surface area (Å²) in [6.45, 7) is 6.08. The number of carbonyl (C=O) groups is 1. The molecule has 1 amide bonds. The molecule has 0 saturated heterocycles. The van der Waals surface area contributed by atoms with E-state index < -0.39 is 0 Å². The minimum absolute atomic E-state index is 0.115. The zero-order valence-electron chi connectivity index (χ0n) is 8.18. The highest BCUT2D eigenvalue weighted by molar-refractivity contribution is 5.85. The second-order valence-corrected chi connectivity index (χ2v) is 3.88. The van der Waals surface area contributed by atoms with Crippen LogP contribution in [0.5, 0.6) is 0 Å². The molecule has 74 valence electrons. The van der Waals surface area contributed by atoms with Gasteiger partial charge in [-0.25, -0.2) is 0 Å². The highest BCUT2D eigenvalue weighted by atomic mass is 16.2. The number of nitrogens with one attached hydrogen (secondary N) is 1. The van der Waals surface area contributed by atoms with Gasteiger partial charge in [0.05, 0.1) is 5.41 Å². The van der Waals surface area contributed by atoms with Crippen LogP contribution in [0.3, 0.4) is 0 Å². The van der Waals surface area contributed by atoms with Crippen molar-refractivity contribution < 1.29 is 4.79 Å². The number of hydrogen-bond donors (Lipinski definition) is 2. The summed E-state index contributed by atoms with van der Waals surface area (Å²) in [6, 6.07) is 0.175. The molecule has 0 radical (unpaired) electrons. The molecule has 1 aliphatic carbocycles. The third kappa shape index (κ3) is 2.31. The fourth-order valence-electron chi connectivity index (χ4n) is 1.36. The van der Waals surface area contributed by atoms with E-state index in [1.54, 1.807) is 0 Å².